The molecule has 1 heterocycles. The Labute approximate surface area is 119 Å². The number of fused-ring (bicyclic) bond motifs is 1. The third-order valence-electron chi connectivity index (χ3n) is 2.90. The highest BCUT2D eigenvalue weighted by Gasteiger charge is 2.24. The van der Waals surface area contributed by atoms with Crippen LogP contribution in [0.1, 0.15) is 17.2 Å². The van der Waals surface area contributed by atoms with Gasteiger partial charge in [0, 0.05) is 15.6 Å². The fraction of sp³-hybridized carbons (Fsp3) is 0.0667. The molecular formula is C15H10BrNO2. The molecule has 2 aromatic rings. The van der Waals surface area contributed by atoms with Gasteiger partial charge in [-0.2, -0.15) is 0 Å². The number of halogens is 1. The van der Waals surface area contributed by atoms with E-state index in [1.807, 2.05) is 48.5 Å². The van der Waals surface area contributed by atoms with Crippen molar-refractivity contribution in [3.8, 4) is 0 Å². The Morgan fingerprint density at radius 2 is 1.95 bits per heavy atom. The van der Waals surface area contributed by atoms with E-state index in [1.165, 1.54) is 0 Å². The molecule has 1 unspecified atom stereocenters. The van der Waals surface area contributed by atoms with Crippen molar-refractivity contribution in [3.63, 3.8) is 0 Å². The third-order valence-corrected chi connectivity index (χ3v) is 3.39. The monoisotopic (exact) mass is 315 g/mol. The van der Waals surface area contributed by atoms with Gasteiger partial charge < -0.3 is 4.74 Å². The van der Waals surface area contributed by atoms with Crippen molar-refractivity contribution < 1.29 is 9.53 Å². The van der Waals surface area contributed by atoms with E-state index in [-0.39, 0.29) is 0 Å². The molecule has 2 aromatic carbocycles. The Balaban J connectivity index is 2.11. The fourth-order valence-corrected chi connectivity index (χ4v) is 2.37. The topological polar surface area (TPSA) is 38.7 Å². The van der Waals surface area contributed by atoms with Gasteiger partial charge in [-0.25, -0.2) is 4.99 Å². The number of hydrogen-bond donors (Lipinski definition) is 0. The first-order valence-electron chi connectivity index (χ1n) is 5.83. The molecule has 1 aliphatic rings. The molecule has 1 atom stereocenters. The lowest BCUT2D eigenvalue weighted by Gasteiger charge is -2.22. The van der Waals surface area contributed by atoms with Crippen LogP contribution in [0, 0.1) is 0 Å². The molecule has 0 N–H and O–H groups in total. The maximum atomic E-state index is 11.2. The molecule has 0 aromatic heterocycles. The molecule has 3 nitrogen and oxygen atoms in total. The van der Waals surface area contributed by atoms with Crippen molar-refractivity contribution in [2.24, 2.45) is 4.99 Å². The first-order valence-corrected chi connectivity index (χ1v) is 6.63. The van der Waals surface area contributed by atoms with Gasteiger partial charge in [0.15, 0.2) is 12.4 Å². The van der Waals surface area contributed by atoms with Crippen molar-refractivity contribution in [2.75, 3.05) is 0 Å². The number of rotatable bonds is 2. The van der Waals surface area contributed by atoms with Gasteiger partial charge in [0.2, 0.25) is 5.90 Å². The van der Waals surface area contributed by atoms with Crippen molar-refractivity contribution in [2.45, 2.75) is 6.10 Å². The van der Waals surface area contributed by atoms with Crippen LogP contribution in [0.25, 0.3) is 0 Å². The quantitative estimate of drug-likeness (QED) is 0.791. The molecule has 4 heteroatoms. The van der Waals surface area contributed by atoms with Crippen molar-refractivity contribution in [1.29, 1.82) is 0 Å². The SMILES string of the molecule is O=CC1OC(c2ccccc2)=Nc2ccc(Br)cc21. The molecule has 0 amide bonds. The number of aliphatic imine (C=N–C) groups is 1. The van der Waals surface area contributed by atoms with Crippen LogP contribution in [-0.2, 0) is 9.53 Å². The molecule has 0 radical (unpaired) electrons. The molecule has 0 spiro atoms. The summed E-state index contributed by atoms with van der Waals surface area (Å²) in [7, 11) is 0. The Morgan fingerprint density at radius 1 is 1.16 bits per heavy atom. The third kappa shape index (κ3) is 2.31. The summed E-state index contributed by atoms with van der Waals surface area (Å²) < 4.78 is 6.57. The lowest BCUT2D eigenvalue weighted by atomic mass is 10.1. The zero-order chi connectivity index (χ0) is 13.2. The summed E-state index contributed by atoms with van der Waals surface area (Å²) in [6, 6.07) is 15.2. The Morgan fingerprint density at radius 3 is 2.68 bits per heavy atom. The number of aldehydes is 1. The lowest BCUT2D eigenvalue weighted by molar-refractivity contribution is -0.114. The molecule has 0 aliphatic carbocycles. The Bertz CT molecular complexity index is 652. The largest absolute Gasteiger partial charge is 0.461 e. The maximum Gasteiger partial charge on any atom is 0.222 e. The number of benzene rings is 2. The highest BCUT2D eigenvalue weighted by atomic mass is 79.9. The molecule has 19 heavy (non-hydrogen) atoms. The predicted octanol–water partition coefficient (Wildman–Crippen LogP) is 3.80. The van der Waals surface area contributed by atoms with Crippen LogP contribution in [0.4, 0.5) is 5.69 Å². The van der Waals surface area contributed by atoms with Crippen LogP contribution in [0.5, 0.6) is 0 Å². The zero-order valence-electron chi connectivity index (χ0n) is 9.92. The van der Waals surface area contributed by atoms with Crippen LogP contribution in [0.15, 0.2) is 58.0 Å². The van der Waals surface area contributed by atoms with E-state index in [4.69, 9.17) is 4.74 Å². The second-order valence-electron chi connectivity index (χ2n) is 4.16. The second-order valence-corrected chi connectivity index (χ2v) is 5.08. The average Bonchev–Trinajstić information content (AvgIpc) is 2.47. The summed E-state index contributed by atoms with van der Waals surface area (Å²) >= 11 is 3.39. The minimum absolute atomic E-state index is 0.479. The summed E-state index contributed by atoms with van der Waals surface area (Å²) in [6.45, 7) is 0. The molecule has 0 saturated carbocycles. The van der Waals surface area contributed by atoms with Gasteiger partial charge in [0.05, 0.1) is 5.69 Å². The number of nitrogens with zero attached hydrogens (tertiary/aromatic N) is 1. The number of carbonyl (C=O) groups is 1. The molecule has 1 aliphatic heterocycles. The number of carbonyl (C=O) groups excluding carboxylic acids is 1. The van der Waals surface area contributed by atoms with E-state index in [0.717, 1.165) is 27.6 Å². The van der Waals surface area contributed by atoms with Crippen molar-refractivity contribution in [3.05, 3.63) is 64.1 Å². The fourth-order valence-electron chi connectivity index (χ4n) is 1.99. The van der Waals surface area contributed by atoms with E-state index in [9.17, 15) is 4.79 Å². The molecule has 0 bridgehead atoms. The van der Waals surface area contributed by atoms with E-state index in [2.05, 4.69) is 20.9 Å². The average molecular weight is 316 g/mol. The van der Waals surface area contributed by atoms with Gasteiger partial charge in [-0.15, -0.1) is 0 Å². The second kappa shape index (κ2) is 4.97. The maximum absolute atomic E-state index is 11.2. The summed E-state index contributed by atoms with van der Waals surface area (Å²) in [5.74, 6) is 0.479. The Hall–Kier alpha value is -1.94. The molecule has 0 fully saturated rings. The summed E-state index contributed by atoms with van der Waals surface area (Å²) in [4.78, 5) is 15.7. The van der Waals surface area contributed by atoms with E-state index in [0.29, 0.717) is 5.90 Å². The smallest absolute Gasteiger partial charge is 0.222 e. The standard InChI is InChI=1S/C15H10BrNO2/c16-11-6-7-13-12(8-11)14(9-18)19-15(17-13)10-4-2-1-3-5-10/h1-9,14H. The van der Waals surface area contributed by atoms with Gasteiger partial charge in [0.25, 0.3) is 0 Å². The first kappa shape index (κ1) is 12.1. The van der Waals surface area contributed by atoms with Crippen LogP contribution < -0.4 is 0 Å². The zero-order valence-corrected chi connectivity index (χ0v) is 11.5. The summed E-state index contributed by atoms with van der Waals surface area (Å²) in [5, 5.41) is 0. The normalized spacial score (nSPS) is 17.1. The van der Waals surface area contributed by atoms with Gasteiger partial charge in [-0.05, 0) is 30.3 Å². The van der Waals surface area contributed by atoms with Crippen LogP contribution >= 0.6 is 15.9 Å². The van der Waals surface area contributed by atoms with Gasteiger partial charge >= 0.3 is 0 Å². The molecule has 0 saturated heterocycles. The lowest BCUT2D eigenvalue weighted by Crippen LogP contribution is -2.17. The van der Waals surface area contributed by atoms with Crippen LogP contribution in [0.3, 0.4) is 0 Å². The first-order chi connectivity index (χ1) is 9.28. The molecular weight excluding hydrogens is 306 g/mol. The minimum atomic E-state index is -0.611. The van der Waals surface area contributed by atoms with Crippen LogP contribution in [-0.4, -0.2) is 12.2 Å². The summed E-state index contributed by atoms with van der Waals surface area (Å²) in [5.41, 5.74) is 2.41. The van der Waals surface area contributed by atoms with E-state index < -0.39 is 6.10 Å². The van der Waals surface area contributed by atoms with Gasteiger partial charge in [0.1, 0.15) is 0 Å². The molecule has 3 rings (SSSR count). The number of ether oxygens (including phenoxy) is 1. The van der Waals surface area contributed by atoms with Gasteiger partial charge in [-0.1, -0.05) is 34.1 Å². The van der Waals surface area contributed by atoms with E-state index in [1.54, 1.807) is 0 Å². The number of hydrogen-bond acceptors (Lipinski definition) is 3. The predicted molar refractivity (Wildman–Crippen MR) is 76.7 cm³/mol. The Kier molecular flexibility index (Phi) is 3.17. The van der Waals surface area contributed by atoms with Gasteiger partial charge in [-0.3, -0.25) is 4.79 Å². The minimum Gasteiger partial charge on any atom is -0.461 e. The highest BCUT2D eigenvalue weighted by molar-refractivity contribution is 9.10. The van der Waals surface area contributed by atoms with Crippen molar-refractivity contribution in [1.82, 2.24) is 0 Å². The van der Waals surface area contributed by atoms with E-state index >= 15 is 0 Å². The molecule has 94 valence electrons. The summed E-state index contributed by atoms with van der Waals surface area (Å²) in [6.07, 6.45) is 0.184. The highest BCUT2D eigenvalue weighted by Crippen LogP contribution is 2.34. The van der Waals surface area contributed by atoms with Crippen LogP contribution in [0.2, 0.25) is 0 Å². The van der Waals surface area contributed by atoms with Crippen molar-refractivity contribution >= 4 is 33.8 Å².